The second-order valence-corrected chi connectivity index (χ2v) is 9.01. The van der Waals surface area contributed by atoms with E-state index in [0.717, 1.165) is 41.8 Å². The summed E-state index contributed by atoms with van der Waals surface area (Å²) in [5, 5.41) is 4.18. The van der Waals surface area contributed by atoms with Gasteiger partial charge < -0.3 is 9.32 Å². The number of rotatable bonds is 9. The fourth-order valence-corrected chi connectivity index (χ4v) is 4.61. The molecule has 7 heteroatoms. The molecule has 0 saturated carbocycles. The number of anilines is 1. The van der Waals surface area contributed by atoms with E-state index in [4.69, 9.17) is 4.42 Å². The van der Waals surface area contributed by atoms with Crippen molar-refractivity contribution in [1.82, 2.24) is 9.88 Å². The molecule has 2 aromatic heterocycles. The van der Waals surface area contributed by atoms with E-state index in [2.05, 4.69) is 24.1 Å². The lowest BCUT2D eigenvalue weighted by molar-refractivity contribution is 0.0755. The van der Waals surface area contributed by atoms with E-state index in [1.165, 1.54) is 17.6 Å². The largest absolute Gasteiger partial charge is 0.463 e. The maximum absolute atomic E-state index is 12.8. The number of hydrogen-bond donors (Lipinski definition) is 1. The van der Waals surface area contributed by atoms with Gasteiger partial charge in [-0.25, -0.2) is 4.98 Å². The molecule has 0 aliphatic carbocycles. The molecule has 0 bridgehead atoms. The zero-order valence-corrected chi connectivity index (χ0v) is 19.7. The van der Waals surface area contributed by atoms with Crippen LogP contribution in [0.4, 0.5) is 5.13 Å². The van der Waals surface area contributed by atoms with Gasteiger partial charge in [0.2, 0.25) is 0 Å². The van der Waals surface area contributed by atoms with Crippen LogP contribution in [0.3, 0.4) is 0 Å². The first-order valence-corrected chi connectivity index (χ1v) is 12.0. The molecule has 2 aromatic carbocycles. The van der Waals surface area contributed by atoms with Gasteiger partial charge in [0, 0.05) is 41.5 Å². The van der Waals surface area contributed by atoms with Gasteiger partial charge in [-0.05, 0) is 36.6 Å². The Morgan fingerprint density at radius 1 is 1.03 bits per heavy atom. The number of carbonyl (C=O) groups excluding carboxylic acids is 2. The van der Waals surface area contributed by atoms with Crippen LogP contribution in [0.15, 0.2) is 65.4 Å². The number of para-hydroxylation sites is 1. The molecule has 0 radical (unpaired) electrons. The van der Waals surface area contributed by atoms with Crippen molar-refractivity contribution in [3.63, 3.8) is 0 Å². The fraction of sp³-hybridized carbons (Fsp3) is 0.269. The highest BCUT2D eigenvalue weighted by molar-refractivity contribution is 7.15. The second-order valence-electron chi connectivity index (χ2n) is 7.90. The minimum absolute atomic E-state index is 0.0832. The first kappa shape index (κ1) is 22.7. The molecule has 0 aliphatic heterocycles. The highest BCUT2D eigenvalue weighted by atomic mass is 32.1. The molecule has 0 unspecified atom stereocenters. The van der Waals surface area contributed by atoms with E-state index in [0.29, 0.717) is 28.3 Å². The molecule has 0 spiro atoms. The predicted molar refractivity (Wildman–Crippen MR) is 132 cm³/mol. The van der Waals surface area contributed by atoms with Crippen LogP contribution in [0.25, 0.3) is 11.0 Å². The minimum atomic E-state index is -0.243. The number of thiazole rings is 1. The molecule has 2 amide bonds. The number of benzene rings is 2. The normalized spacial score (nSPS) is 11.0. The maximum atomic E-state index is 12.8. The maximum Gasteiger partial charge on any atom is 0.261 e. The number of hydrogen-bond acceptors (Lipinski definition) is 5. The Bertz CT molecular complexity index is 1240. The SMILES string of the molecule is CCCN(CCC)C(=O)c1ccc(Cc2cnc(NC(=O)c3coc4ccccc34)s2)cc1. The summed E-state index contributed by atoms with van der Waals surface area (Å²) >= 11 is 1.44. The van der Waals surface area contributed by atoms with E-state index >= 15 is 0 Å². The third-order valence-electron chi connectivity index (χ3n) is 5.35. The van der Waals surface area contributed by atoms with Crippen LogP contribution in [-0.4, -0.2) is 34.8 Å². The van der Waals surface area contributed by atoms with Crippen molar-refractivity contribution >= 4 is 39.3 Å². The zero-order valence-electron chi connectivity index (χ0n) is 18.8. The lowest BCUT2D eigenvalue weighted by atomic mass is 10.1. The molecule has 170 valence electrons. The van der Waals surface area contributed by atoms with Gasteiger partial charge in [-0.1, -0.05) is 44.2 Å². The van der Waals surface area contributed by atoms with E-state index < -0.39 is 0 Å². The van der Waals surface area contributed by atoms with Gasteiger partial charge in [0.15, 0.2) is 5.13 Å². The fourth-order valence-electron chi connectivity index (χ4n) is 3.77. The average Bonchev–Trinajstić information content (AvgIpc) is 3.46. The summed E-state index contributed by atoms with van der Waals surface area (Å²) in [6, 6.07) is 15.2. The van der Waals surface area contributed by atoms with E-state index in [1.54, 1.807) is 6.20 Å². The summed E-state index contributed by atoms with van der Waals surface area (Å²) in [6.07, 6.45) is 5.83. The van der Waals surface area contributed by atoms with Crippen LogP contribution in [0.5, 0.6) is 0 Å². The molecule has 0 saturated heterocycles. The van der Waals surface area contributed by atoms with Crippen molar-refractivity contribution in [2.24, 2.45) is 0 Å². The van der Waals surface area contributed by atoms with Gasteiger partial charge in [-0.2, -0.15) is 0 Å². The molecular formula is C26H27N3O3S. The van der Waals surface area contributed by atoms with Crippen LogP contribution >= 0.6 is 11.3 Å². The quantitative estimate of drug-likeness (QED) is 0.332. The third-order valence-corrected chi connectivity index (χ3v) is 6.27. The third kappa shape index (κ3) is 5.31. The number of fused-ring (bicyclic) bond motifs is 1. The Balaban J connectivity index is 1.39. The predicted octanol–water partition coefficient (Wildman–Crippen LogP) is 5.99. The monoisotopic (exact) mass is 461 g/mol. The molecule has 4 aromatic rings. The Kier molecular flexibility index (Phi) is 7.19. The molecule has 0 atom stereocenters. The summed E-state index contributed by atoms with van der Waals surface area (Å²) in [5.41, 5.74) is 2.97. The topological polar surface area (TPSA) is 75.4 Å². The molecule has 4 rings (SSSR count). The lowest BCUT2D eigenvalue weighted by Gasteiger charge is -2.21. The van der Waals surface area contributed by atoms with Crippen LogP contribution in [-0.2, 0) is 6.42 Å². The summed E-state index contributed by atoms with van der Waals surface area (Å²) in [6.45, 7) is 5.72. The number of aromatic nitrogens is 1. The lowest BCUT2D eigenvalue weighted by Crippen LogP contribution is -2.32. The summed E-state index contributed by atoms with van der Waals surface area (Å²) in [5.74, 6) is -0.160. The van der Waals surface area contributed by atoms with E-state index in [9.17, 15) is 9.59 Å². The van der Waals surface area contributed by atoms with Crippen LogP contribution in [0, 0.1) is 0 Å². The summed E-state index contributed by atoms with van der Waals surface area (Å²) < 4.78 is 5.46. The molecule has 0 fully saturated rings. The van der Waals surface area contributed by atoms with E-state index in [-0.39, 0.29) is 11.8 Å². The number of carbonyl (C=O) groups is 2. The Hall–Kier alpha value is -3.45. The van der Waals surface area contributed by atoms with Gasteiger partial charge >= 0.3 is 0 Å². The molecule has 2 heterocycles. The van der Waals surface area contributed by atoms with Gasteiger partial charge in [0.25, 0.3) is 11.8 Å². The minimum Gasteiger partial charge on any atom is -0.463 e. The molecule has 0 aliphatic rings. The van der Waals surface area contributed by atoms with Gasteiger partial charge in [-0.15, -0.1) is 11.3 Å². The summed E-state index contributed by atoms with van der Waals surface area (Å²) in [4.78, 5) is 32.7. The van der Waals surface area contributed by atoms with E-state index in [1.807, 2.05) is 53.4 Å². The highest BCUT2D eigenvalue weighted by Crippen LogP contribution is 2.25. The molecule has 1 N–H and O–H groups in total. The van der Waals surface area contributed by atoms with Crippen molar-refractivity contribution in [2.45, 2.75) is 33.1 Å². The number of furan rings is 1. The van der Waals surface area contributed by atoms with Gasteiger partial charge in [0.05, 0.1) is 5.56 Å². The van der Waals surface area contributed by atoms with Crippen molar-refractivity contribution < 1.29 is 14.0 Å². The van der Waals surface area contributed by atoms with Crippen LogP contribution in [0.2, 0.25) is 0 Å². The van der Waals surface area contributed by atoms with Gasteiger partial charge in [0.1, 0.15) is 11.8 Å². The first-order valence-electron chi connectivity index (χ1n) is 11.2. The van der Waals surface area contributed by atoms with Crippen LogP contribution in [0.1, 0.15) is 57.8 Å². The van der Waals surface area contributed by atoms with Crippen molar-refractivity contribution in [3.8, 4) is 0 Å². The standard InChI is InChI=1S/C26H27N3O3S/c1-3-13-29(14-4-2)25(31)19-11-9-18(10-12-19)15-20-16-27-26(33-20)28-24(30)22-17-32-23-8-6-5-7-21(22)23/h5-12,16-17H,3-4,13-15H2,1-2H3,(H,27,28,30). The number of nitrogens with zero attached hydrogens (tertiary/aromatic N) is 2. The smallest absolute Gasteiger partial charge is 0.261 e. The first-order chi connectivity index (χ1) is 16.1. The van der Waals surface area contributed by atoms with Crippen molar-refractivity contribution in [2.75, 3.05) is 18.4 Å². The van der Waals surface area contributed by atoms with Gasteiger partial charge in [-0.3, -0.25) is 14.9 Å². The van der Waals surface area contributed by atoms with Crippen molar-refractivity contribution in [3.05, 3.63) is 82.6 Å². The molecular weight excluding hydrogens is 434 g/mol. The average molecular weight is 462 g/mol. The Morgan fingerprint density at radius 2 is 1.76 bits per heavy atom. The number of amides is 2. The molecule has 6 nitrogen and oxygen atoms in total. The highest BCUT2D eigenvalue weighted by Gasteiger charge is 2.16. The molecule has 33 heavy (non-hydrogen) atoms. The van der Waals surface area contributed by atoms with Crippen molar-refractivity contribution in [1.29, 1.82) is 0 Å². The number of nitrogens with one attached hydrogen (secondary N) is 1. The zero-order chi connectivity index (χ0) is 23.2. The Labute approximate surface area is 197 Å². The summed E-state index contributed by atoms with van der Waals surface area (Å²) in [7, 11) is 0. The Morgan fingerprint density at radius 3 is 2.48 bits per heavy atom. The van der Waals surface area contributed by atoms with Crippen LogP contribution < -0.4 is 5.32 Å². The second kappa shape index (κ2) is 10.4.